The number of likely N-dealkylation sites (tertiary alicyclic amines) is 1. The molecule has 1 aromatic rings. The van der Waals surface area contributed by atoms with E-state index in [-0.39, 0.29) is 24.7 Å². The maximum Gasteiger partial charge on any atom is 0.401 e. The molecular weight excluding hydrogens is 331 g/mol. The van der Waals surface area contributed by atoms with E-state index in [4.69, 9.17) is 0 Å². The number of aliphatic imine (C=N–C) groups is 1. The van der Waals surface area contributed by atoms with Crippen molar-refractivity contribution in [3.63, 3.8) is 0 Å². The molecule has 1 aromatic carbocycles. The van der Waals surface area contributed by atoms with E-state index in [1.807, 2.05) is 0 Å². The lowest BCUT2D eigenvalue weighted by molar-refractivity contribution is -0.143. The first-order valence-corrected chi connectivity index (χ1v) is 7.47. The normalized spacial score (nSPS) is 19.6. The molecule has 1 fully saturated rings. The second-order valence-electron chi connectivity index (χ2n) is 5.64. The monoisotopic (exact) mass is 350 g/mol. The molecule has 1 aliphatic rings. The Morgan fingerprint density at radius 3 is 2.75 bits per heavy atom. The maximum absolute atomic E-state index is 13.6. The van der Waals surface area contributed by atoms with Crippen LogP contribution in [0.3, 0.4) is 0 Å². The number of nitrogens with one attached hydrogen (secondary N) is 2. The standard InChI is InChI=1S/C15H19F5N4/c1-21-14(22-7-10-6-11(16)2-3-13(10)17)23-12-4-5-24(8-12)9-15(18,19)20/h2-3,6,12H,4-5,7-9H2,1H3,(H2,21,22,23). The van der Waals surface area contributed by atoms with Gasteiger partial charge in [0.1, 0.15) is 11.6 Å². The summed E-state index contributed by atoms with van der Waals surface area (Å²) in [5.41, 5.74) is 0.142. The van der Waals surface area contributed by atoms with E-state index in [0.717, 1.165) is 18.2 Å². The second-order valence-corrected chi connectivity index (χ2v) is 5.64. The lowest BCUT2D eigenvalue weighted by atomic mass is 10.2. The molecule has 24 heavy (non-hydrogen) atoms. The summed E-state index contributed by atoms with van der Waals surface area (Å²) in [4.78, 5) is 5.27. The molecule has 1 unspecified atom stereocenters. The van der Waals surface area contributed by atoms with Crippen molar-refractivity contribution in [2.24, 2.45) is 4.99 Å². The Balaban J connectivity index is 1.84. The summed E-state index contributed by atoms with van der Waals surface area (Å²) < 4.78 is 63.8. The molecule has 1 atom stereocenters. The quantitative estimate of drug-likeness (QED) is 0.497. The minimum atomic E-state index is -4.22. The van der Waals surface area contributed by atoms with Crippen molar-refractivity contribution in [1.82, 2.24) is 15.5 Å². The Morgan fingerprint density at radius 2 is 2.08 bits per heavy atom. The lowest BCUT2D eigenvalue weighted by Crippen LogP contribution is -2.45. The van der Waals surface area contributed by atoms with Crippen LogP contribution >= 0.6 is 0 Å². The van der Waals surface area contributed by atoms with Crippen LogP contribution in [0.2, 0.25) is 0 Å². The first kappa shape index (κ1) is 18.4. The van der Waals surface area contributed by atoms with Crippen LogP contribution in [0.1, 0.15) is 12.0 Å². The van der Waals surface area contributed by atoms with Crippen molar-refractivity contribution in [2.45, 2.75) is 25.2 Å². The molecular formula is C15H19F5N4. The van der Waals surface area contributed by atoms with Crippen molar-refractivity contribution in [3.05, 3.63) is 35.4 Å². The van der Waals surface area contributed by atoms with Crippen molar-refractivity contribution in [1.29, 1.82) is 0 Å². The molecule has 0 amide bonds. The lowest BCUT2D eigenvalue weighted by Gasteiger charge is -2.20. The van der Waals surface area contributed by atoms with Crippen LogP contribution in [-0.2, 0) is 6.54 Å². The van der Waals surface area contributed by atoms with Crippen LogP contribution in [0.5, 0.6) is 0 Å². The van der Waals surface area contributed by atoms with Crippen LogP contribution in [0.4, 0.5) is 22.0 Å². The predicted molar refractivity (Wildman–Crippen MR) is 80.6 cm³/mol. The van der Waals surface area contributed by atoms with E-state index in [2.05, 4.69) is 15.6 Å². The van der Waals surface area contributed by atoms with E-state index < -0.39 is 24.4 Å². The summed E-state index contributed by atoms with van der Waals surface area (Å²) in [6.07, 6.45) is -3.67. The van der Waals surface area contributed by atoms with E-state index in [1.54, 1.807) is 0 Å². The first-order valence-electron chi connectivity index (χ1n) is 7.47. The first-order chi connectivity index (χ1) is 11.3. The number of rotatable bonds is 4. The maximum atomic E-state index is 13.6. The van der Waals surface area contributed by atoms with Crippen LogP contribution in [0.25, 0.3) is 0 Å². The highest BCUT2D eigenvalue weighted by Gasteiger charge is 2.34. The molecule has 0 spiro atoms. The van der Waals surface area contributed by atoms with Crippen LogP contribution < -0.4 is 10.6 Å². The summed E-state index contributed by atoms with van der Waals surface area (Å²) in [6.45, 7) is -0.338. The molecule has 1 aliphatic heterocycles. The zero-order valence-electron chi connectivity index (χ0n) is 13.1. The van der Waals surface area contributed by atoms with Gasteiger partial charge in [-0.15, -0.1) is 0 Å². The van der Waals surface area contributed by atoms with Gasteiger partial charge in [-0.3, -0.25) is 9.89 Å². The third kappa shape index (κ3) is 5.63. The van der Waals surface area contributed by atoms with Gasteiger partial charge in [0.15, 0.2) is 5.96 Å². The Bertz CT molecular complexity index is 588. The van der Waals surface area contributed by atoms with E-state index in [1.165, 1.54) is 11.9 Å². The molecule has 0 radical (unpaired) electrons. The molecule has 1 saturated heterocycles. The number of alkyl halides is 3. The van der Waals surface area contributed by atoms with Gasteiger partial charge in [-0.25, -0.2) is 8.78 Å². The Kier molecular flexibility index (Phi) is 5.98. The number of nitrogens with zero attached hydrogens (tertiary/aromatic N) is 2. The number of halogens is 5. The summed E-state index contributed by atoms with van der Waals surface area (Å²) >= 11 is 0. The molecule has 9 heteroatoms. The minimum Gasteiger partial charge on any atom is -0.352 e. The van der Waals surface area contributed by atoms with Crippen LogP contribution in [0.15, 0.2) is 23.2 Å². The molecule has 0 aromatic heterocycles. The zero-order chi connectivity index (χ0) is 17.7. The van der Waals surface area contributed by atoms with E-state index in [0.29, 0.717) is 18.9 Å². The van der Waals surface area contributed by atoms with Crippen LogP contribution in [0, 0.1) is 11.6 Å². The third-order valence-electron chi connectivity index (χ3n) is 3.69. The van der Waals surface area contributed by atoms with Gasteiger partial charge in [0.25, 0.3) is 0 Å². The fourth-order valence-electron chi connectivity index (χ4n) is 2.59. The second kappa shape index (κ2) is 7.78. The summed E-state index contributed by atoms with van der Waals surface area (Å²) in [5.74, 6) is -0.760. The molecule has 1 heterocycles. The van der Waals surface area contributed by atoms with Crippen molar-refractivity contribution in [2.75, 3.05) is 26.7 Å². The van der Waals surface area contributed by atoms with E-state index >= 15 is 0 Å². The summed E-state index contributed by atoms with van der Waals surface area (Å²) in [6, 6.07) is 2.96. The molecule has 2 rings (SSSR count). The highest BCUT2D eigenvalue weighted by molar-refractivity contribution is 5.80. The van der Waals surface area contributed by atoms with Gasteiger partial charge in [-0.1, -0.05) is 0 Å². The van der Waals surface area contributed by atoms with Crippen molar-refractivity contribution < 1.29 is 22.0 Å². The van der Waals surface area contributed by atoms with Gasteiger partial charge in [0.05, 0.1) is 6.54 Å². The fraction of sp³-hybridized carbons (Fsp3) is 0.533. The zero-order valence-corrected chi connectivity index (χ0v) is 13.1. The molecule has 2 N–H and O–H groups in total. The molecule has 134 valence electrons. The van der Waals surface area contributed by atoms with Crippen molar-refractivity contribution in [3.8, 4) is 0 Å². The summed E-state index contributed by atoms with van der Waals surface area (Å²) in [5, 5.41) is 5.83. The molecule has 0 saturated carbocycles. The number of hydrogen-bond acceptors (Lipinski definition) is 2. The highest BCUT2D eigenvalue weighted by Crippen LogP contribution is 2.19. The highest BCUT2D eigenvalue weighted by atomic mass is 19.4. The SMILES string of the molecule is CN=C(NCc1cc(F)ccc1F)NC1CCN(CC(F)(F)F)C1. The summed E-state index contributed by atoms with van der Waals surface area (Å²) in [7, 11) is 1.50. The topological polar surface area (TPSA) is 39.7 Å². The van der Waals surface area contributed by atoms with Gasteiger partial charge in [-0.2, -0.15) is 13.2 Å². The Labute approximate surface area is 136 Å². The number of hydrogen-bond donors (Lipinski definition) is 2. The fourth-order valence-corrected chi connectivity index (χ4v) is 2.59. The number of benzene rings is 1. The van der Waals surface area contributed by atoms with Gasteiger partial charge in [-0.05, 0) is 24.6 Å². The van der Waals surface area contributed by atoms with Gasteiger partial charge in [0.2, 0.25) is 0 Å². The van der Waals surface area contributed by atoms with E-state index in [9.17, 15) is 22.0 Å². The Hall–Kier alpha value is -1.90. The predicted octanol–water partition coefficient (Wildman–Crippen LogP) is 2.27. The number of guanidine groups is 1. The molecule has 4 nitrogen and oxygen atoms in total. The molecule has 0 aliphatic carbocycles. The average Bonchev–Trinajstić information content (AvgIpc) is 2.91. The Morgan fingerprint density at radius 1 is 1.33 bits per heavy atom. The van der Waals surface area contributed by atoms with Crippen molar-refractivity contribution >= 4 is 5.96 Å². The largest absolute Gasteiger partial charge is 0.401 e. The van der Waals surface area contributed by atoms with Gasteiger partial charge < -0.3 is 10.6 Å². The van der Waals surface area contributed by atoms with Gasteiger partial charge in [0, 0.05) is 38.3 Å². The average molecular weight is 350 g/mol. The smallest absolute Gasteiger partial charge is 0.352 e. The van der Waals surface area contributed by atoms with Gasteiger partial charge >= 0.3 is 6.18 Å². The van der Waals surface area contributed by atoms with Crippen LogP contribution in [-0.4, -0.2) is 49.8 Å². The third-order valence-corrected chi connectivity index (χ3v) is 3.69. The molecule has 0 bridgehead atoms. The minimum absolute atomic E-state index is 0.0161.